The highest BCUT2D eigenvalue weighted by molar-refractivity contribution is 5.81. The molecule has 0 saturated heterocycles. The molecule has 4 heteroatoms. The van der Waals surface area contributed by atoms with Crippen molar-refractivity contribution in [2.75, 3.05) is 5.73 Å². The van der Waals surface area contributed by atoms with Crippen LogP contribution in [-0.2, 0) is 13.1 Å². The highest BCUT2D eigenvalue weighted by Crippen LogP contribution is 2.19. The van der Waals surface area contributed by atoms with E-state index < -0.39 is 0 Å². The molecule has 3 aromatic rings. The van der Waals surface area contributed by atoms with Crippen LogP contribution < -0.4 is 11.3 Å². The molecule has 0 radical (unpaired) electrons. The Balaban J connectivity index is 1.92. The van der Waals surface area contributed by atoms with Crippen LogP contribution in [0, 0.1) is 6.92 Å². The van der Waals surface area contributed by atoms with E-state index in [9.17, 15) is 4.79 Å². The molecule has 102 valence electrons. The molecule has 0 unspecified atom stereocenters. The fourth-order valence-corrected chi connectivity index (χ4v) is 2.58. The van der Waals surface area contributed by atoms with Crippen LogP contribution in [0.1, 0.15) is 5.69 Å². The Kier molecular flexibility index (Phi) is 3.06. The zero-order chi connectivity index (χ0) is 14.1. The predicted molar refractivity (Wildman–Crippen MR) is 81.8 cm³/mol. The lowest BCUT2D eigenvalue weighted by Gasteiger charge is -2.10. The van der Waals surface area contributed by atoms with Crippen molar-refractivity contribution < 1.29 is 0 Å². The van der Waals surface area contributed by atoms with E-state index in [1.165, 1.54) is 22.7 Å². The summed E-state index contributed by atoms with van der Waals surface area (Å²) in [6.45, 7) is 3.45. The molecule has 0 saturated carbocycles. The summed E-state index contributed by atoms with van der Waals surface area (Å²) in [5.41, 5.74) is 8.71. The number of rotatable bonds is 3. The summed E-state index contributed by atoms with van der Waals surface area (Å²) >= 11 is 0. The summed E-state index contributed by atoms with van der Waals surface area (Å²) in [5, 5.41) is 1.23. The second-order valence-electron chi connectivity index (χ2n) is 4.99. The zero-order valence-corrected chi connectivity index (χ0v) is 11.4. The number of aromatic nitrogens is 2. The first-order chi connectivity index (χ1) is 9.65. The van der Waals surface area contributed by atoms with Crippen molar-refractivity contribution in [3.05, 3.63) is 64.7 Å². The van der Waals surface area contributed by atoms with Crippen LogP contribution >= 0.6 is 0 Å². The molecule has 2 heterocycles. The summed E-state index contributed by atoms with van der Waals surface area (Å²) in [7, 11) is 0. The first kappa shape index (κ1) is 12.5. The molecular formula is C16H17N3O. The number of nitrogens with two attached hydrogens (primary N) is 1. The molecular weight excluding hydrogens is 250 g/mol. The van der Waals surface area contributed by atoms with Gasteiger partial charge in [-0.3, -0.25) is 4.79 Å². The minimum atomic E-state index is -0.0201. The number of hydrogen-bond acceptors (Lipinski definition) is 2. The number of fused-ring (bicyclic) bond motifs is 1. The minimum Gasteiger partial charge on any atom is -0.398 e. The van der Waals surface area contributed by atoms with Gasteiger partial charge in [-0.1, -0.05) is 18.2 Å². The molecule has 20 heavy (non-hydrogen) atoms. The van der Waals surface area contributed by atoms with Crippen LogP contribution in [0.5, 0.6) is 0 Å². The SMILES string of the molecule is Cc1cc2ccccc2n1CCn1cc(N)ccc1=O. The van der Waals surface area contributed by atoms with Crippen LogP contribution in [-0.4, -0.2) is 9.13 Å². The zero-order valence-electron chi connectivity index (χ0n) is 11.4. The van der Waals surface area contributed by atoms with Gasteiger partial charge >= 0.3 is 0 Å². The smallest absolute Gasteiger partial charge is 0.250 e. The summed E-state index contributed by atoms with van der Waals surface area (Å²) in [4.78, 5) is 11.8. The number of anilines is 1. The Morgan fingerprint density at radius 3 is 2.75 bits per heavy atom. The Labute approximate surface area is 117 Å². The van der Waals surface area contributed by atoms with E-state index in [1.807, 2.05) is 12.1 Å². The average molecular weight is 267 g/mol. The van der Waals surface area contributed by atoms with E-state index in [0.29, 0.717) is 12.2 Å². The Morgan fingerprint density at radius 1 is 1.10 bits per heavy atom. The normalized spacial score (nSPS) is 11.1. The lowest BCUT2D eigenvalue weighted by Crippen LogP contribution is -2.21. The standard InChI is InChI=1S/C16H17N3O/c1-12-10-13-4-2-3-5-15(13)19(12)9-8-18-11-14(17)6-7-16(18)20/h2-7,10-11H,8-9,17H2,1H3. The van der Waals surface area contributed by atoms with E-state index in [1.54, 1.807) is 16.8 Å². The van der Waals surface area contributed by atoms with Crippen LogP contribution in [0.2, 0.25) is 0 Å². The first-order valence-electron chi connectivity index (χ1n) is 6.66. The molecule has 0 aliphatic rings. The second-order valence-corrected chi connectivity index (χ2v) is 4.99. The lowest BCUT2D eigenvalue weighted by molar-refractivity contribution is 0.570. The van der Waals surface area contributed by atoms with Crippen LogP contribution in [0.4, 0.5) is 5.69 Å². The van der Waals surface area contributed by atoms with Gasteiger partial charge in [-0.05, 0) is 30.5 Å². The number of hydrogen-bond donors (Lipinski definition) is 1. The molecule has 0 atom stereocenters. The van der Waals surface area contributed by atoms with Crippen LogP contribution in [0.15, 0.2) is 53.5 Å². The molecule has 1 aromatic carbocycles. The maximum Gasteiger partial charge on any atom is 0.250 e. The molecule has 0 aliphatic carbocycles. The molecule has 0 bridgehead atoms. The monoisotopic (exact) mass is 267 g/mol. The summed E-state index contributed by atoms with van der Waals surface area (Å²) in [6, 6.07) is 13.6. The largest absolute Gasteiger partial charge is 0.398 e. The molecule has 0 amide bonds. The lowest BCUT2D eigenvalue weighted by atomic mass is 10.2. The second kappa shape index (κ2) is 4.89. The highest BCUT2D eigenvalue weighted by Gasteiger charge is 2.05. The summed E-state index contributed by atoms with van der Waals surface area (Å²) in [6.07, 6.45) is 1.70. The molecule has 3 rings (SSSR count). The minimum absolute atomic E-state index is 0.0201. The number of para-hydroxylation sites is 1. The fraction of sp³-hybridized carbons (Fsp3) is 0.188. The quantitative estimate of drug-likeness (QED) is 0.792. The number of pyridine rings is 1. The van der Waals surface area contributed by atoms with Crippen LogP contribution in [0.3, 0.4) is 0 Å². The van der Waals surface area contributed by atoms with Crippen molar-refractivity contribution in [2.24, 2.45) is 0 Å². The van der Waals surface area contributed by atoms with E-state index in [4.69, 9.17) is 5.73 Å². The van der Waals surface area contributed by atoms with Crippen molar-refractivity contribution in [1.82, 2.24) is 9.13 Å². The number of benzene rings is 1. The Bertz CT molecular complexity index is 814. The molecule has 0 aliphatic heterocycles. The van der Waals surface area contributed by atoms with Gasteiger partial charge in [0.05, 0.1) is 0 Å². The van der Waals surface area contributed by atoms with Crippen molar-refractivity contribution >= 4 is 16.6 Å². The summed E-state index contributed by atoms with van der Waals surface area (Å²) < 4.78 is 3.88. The molecule has 2 N–H and O–H groups in total. The first-order valence-corrected chi connectivity index (χ1v) is 6.66. The molecule has 2 aromatic heterocycles. The van der Waals surface area contributed by atoms with Gasteiger partial charge in [0, 0.05) is 42.3 Å². The maximum absolute atomic E-state index is 11.8. The summed E-state index contributed by atoms with van der Waals surface area (Å²) in [5.74, 6) is 0. The maximum atomic E-state index is 11.8. The third-order valence-corrected chi connectivity index (χ3v) is 3.59. The van der Waals surface area contributed by atoms with Gasteiger partial charge in [-0.15, -0.1) is 0 Å². The van der Waals surface area contributed by atoms with Gasteiger partial charge in [0.1, 0.15) is 0 Å². The number of nitrogen functional groups attached to an aromatic ring is 1. The van der Waals surface area contributed by atoms with Crippen molar-refractivity contribution in [3.63, 3.8) is 0 Å². The van der Waals surface area contributed by atoms with Gasteiger partial charge in [0.25, 0.3) is 5.56 Å². The van der Waals surface area contributed by atoms with E-state index >= 15 is 0 Å². The fourth-order valence-electron chi connectivity index (χ4n) is 2.58. The molecule has 4 nitrogen and oxygen atoms in total. The molecule has 0 spiro atoms. The molecule has 0 fully saturated rings. The third kappa shape index (κ3) is 2.20. The van der Waals surface area contributed by atoms with E-state index in [2.05, 4.69) is 29.7 Å². The van der Waals surface area contributed by atoms with E-state index in [0.717, 1.165) is 6.54 Å². The van der Waals surface area contributed by atoms with Gasteiger partial charge in [0.15, 0.2) is 0 Å². The van der Waals surface area contributed by atoms with Crippen molar-refractivity contribution in [1.29, 1.82) is 0 Å². The number of nitrogens with zero attached hydrogens (tertiary/aromatic N) is 2. The van der Waals surface area contributed by atoms with Crippen molar-refractivity contribution in [2.45, 2.75) is 20.0 Å². The van der Waals surface area contributed by atoms with Gasteiger partial charge < -0.3 is 14.9 Å². The third-order valence-electron chi connectivity index (χ3n) is 3.59. The number of aryl methyl sites for hydroxylation is 3. The Hall–Kier alpha value is -2.49. The van der Waals surface area contributed by atoms with Crippen molar-refractivity contribution in [3.8, 4) is 0 Å². The van der Waals surface area contributed by atoms with Crippen LogP contribution in [0.25, 0.3) is 10.9 Å². The highest BCUT2D eigenvalue weighted by atomic mass is 16.1. The predicted octanol–water partition coefficient (Wildman–Crippen LogP) is 2.39. The van der Waals surface area contributed by atoms with Gasteiger partial charge in [-0.2, -0.15) is 0 Å². The Morgan fingerprint density at radius 2 is 1.90 bits per heavy atom. The average Bonchev–Trinajstić information content (AvgIpc) is 2.75. The topological polar surface area (TPSA) is 52.9 Å². The van der Waals surface area contributed by atoms with Gasteiger partial charge in [-0.25, -0.2) is 0 Å². The van der Waals surface area contributed by atoms with Gasteiger partial charge in [0.2, 0.25) is 0 Å². The van der Waals surface area contributed by atoms with E-state index in [-0.39, 0.29) is 5.56 Å².